The van der Waals surface area contributed by atoms with Crippen LogP contribution in [0.25, 0.3) is 6.08 Å². The number of ether oxygens (including phenoxy) is 1. The van der Waals surface area contributed by atoms with Crippen LogP contribution >= 0.6 is 0 Å². The highest BCUT2D eigenvalue weighted by molar-refractivity contribution is 5.62. The number of nitrogen functional groups attached to an aromatic ring is 1. The van der Waals surface area contributed by atoms with Gasteiger partial charge in [0.15, 0.2) is 6.20 Å². The van der Waals surface area contributed by atoms with Crippen LogP contribution in [-0.2, 0) is 4.74 Å². The summed E-state index contributed by atoms with van der Waals surface area (Å²) < 4.78 is 4.79. The lowest BCUT2D eigenvalue weighted by atomic mass is 10.2. The van der Waals surface area contributed by atoms with Gasteiger partial charge < -0.3 is 20.6 Å². The Labute approximate surface area is 86.5 Å². The van der Waals surface area contributed by atoms with Crippen LogP contribution in [-0.4, -0.2) is 23.6 Å². The molecule has 0 unspecified atom stereocenters. The molecule has 1 aromatic rings. The van der Waals surface area contributed by atoms with E-state index in [1.807, 2.05) is 0 Å². The highest BCUT2D eigenvalue weighted by Crippen LogP contribution is 2.18. The molecule has 0 saturated heterocycles. The largest absolute Gasteiger partial charge is 0.396 e. The molecule has 0 bridgehead atoms. The summed E-state index contributed by atoms with van der Waals surface area (Å²) in [6.07, 6.45) is 4.47. The Morgan fingerprint density at radius 2 is 2.47 bits per heavy atom. The lowest BCUT2D eigenvalue weighted by Gasteiger charge is -1.98. The maximum absolute atomic E-state index is 10.6. The molecule has 15 heavy (non-hydrogen) atoms. The Balaban J connectivity index is 3.02. The SMILES string of the molecule is COC/C=C/c1cc(N)cnc1[N+](=O)[O-]. The van der Waals surface area contributed by atoms with Crippen LogP contribution in [0.3, 0.4) is 0 Å². The van der Waals surface area contributed by atoms with E-state index in [2.05, 4.69) is 4.98 Å². The van der Waals surface area contributed by atoms with E-state index < -0.39 is 4.92 Å². The summed E-state index contributed by atoms with van der Waals surface area (Å²) in [6.45, 7) is 0.381. The first kappa shape index (κ1) is 11.1. The molecule has 0 saturated carbocycles. The first-order chi connectivity index (χ1) is 7.15. The van der Waals surface area contributed by atoms with Gasteiger partial charge in [0.05, 0.1) is 17.9 Å². The maximum Gasteiger partial charge on any atom is 0.370 e. The molecule has 0 amide bonds. The molecule has 80 valence electrons. The van der Waals surface area contributed by atoms with Gasteiger partial charge in [-0.15, -0.1) is 0 Å². The topological polar surface area (TPSA) is 91.3 Å². The van der Waals surface area contributed by atoms with Crippen LogP contribution in [0.4, 0.5) is 11.5 Å². The second kappa shape index (κ2) is 5.06. The molecule has 0 spiro atoms. The Morgan fingerprint density at radius 3 is 3.07 bits per heavy atom. The zero-order valence-corrected chi connectivity index (χ0v) is 8.21. The lowest BCUT2D eigenvalue weighted by Crippen LogP contribution is -1.97. The van der Waals surface area contributed by atoms with Gasteiger partial charge in [-0.05, 0) is 22.0 Å². The molecular formula is C9H11N3O3. The third-order valence-electron chi connectivity index (χ3n) is 1.65. The zero-order valence-electron chi connectivity index (χ0n) is 8.21. The van der Waals surface area contributed by atoms with Gasteiger partial charge in [0.25, 0.3) is 0 Å². The average Bonchev–Trinajstić information content (AvgIpc) is 2.18. The number of methoxy groups -OCH3 is 1. The van der Waals surface area contributed by atoms with Crippen molar-refractivity contribution in [3.05, 3.63) is 34.0 Å². The lowest BCUT2D eigenvalue weighted by molar-refractivity contribution is -0.389. The average molecular weight is 209 g/mol. The van der Waals surface area contributed by atoms with Crippen molar-refractivity contribution < 1.29 is 9.66 Å². The minimum atomic E-state index is -0.550. The molecular weight excluding hydrogens is 198 g/mol. The van der Waals surface area contributed by atoms with Crippen molar-refractivity contribution >= 4 is 17.6 Å². The predicted molar refractivity (Wildman–Crippen MR) is 56.2 cm³/mol. The predicted octanol–water partition coefficient (Wildman–Crippen LogP) is 1.23. The minimum Gasteiger partial charge on any atom is -0.396 e. The molecule has 2 N–H and O–H groups in total. The molecule has 0 radical (unpaired) electrons. The first-order valence-corrected chi connectivity index (χ1v) is 4.20. The Hall–Kier alpha value is -1.95. The molecule has 1 rings (SSSR count). The van der Waals surface area contributed by atoms with Gasteiger partial charge in [-0.1, -0.05) is 6.08 Å². The normalized spacial score (nSPS) is 10.7. The Morgan fingerprint density at radius 1 is 1.73 bits per heavy atom. The van der Waals surface area contributed by atoms with Crippen molar-refractivity contribution in [1.82, 2.24) is 4.98 Å². The van der Waals surface area contributed by atoms with Gasteiger partial charge >= 0.3 is 5.82 Å². The smallest absolute Gasteiger partial charge is 0.370 e. The van der Waals surface area contributed by atoms with Gasteiger partial charge in [-0.2, -0.15) is 0 Å². The Bertz CT molecular complexity index is 390. The monoisotopic (exact) mass is 209 g/mol. The second-order valence-corrected chi connectivity index (χ2v) is 2.80. The Kier molecular flexibility index (Phi) is 3.75. The molecule has 0 fully saturated rings. The molecule has 1 aromatic heterocycles. The molecule has 6 nitrogen and oxygen atoms in total. The van der Waals surface area contributed by atoms with Crippen LogP contribution in [0.15, 0.2) is 18.3 Å². The number of nitrogens with two attached hydrogens (primary N) is 1. The van der Waals surface area contributed by atoms with Crippen LogP contribution in [0, 0.1) is 10.1 Å². The van der Waals surface area contributed by atoms with Gasteiger partial charge in [0.1, 0.15) is 0 Å². The molecule has 1 heterocycles. The van der Waals surface area contributed by atoms with Crippen molar-refractivity contribution in [1.29, 1.82) is 0 Å². The fourth-order valence-electron chi connectivity index (χ4n) is 1.04. The standard InChI is InChI=1S/C9H11N3O3/c1-15-4-2-3-7-5-8(10)6-11-9(7)12(13)14/h2-3,5-6H,4,10H2,1H3/b3-2+. The summed E-state index contributed by atoms with van der Waals surface area (Å²) in [5.74, 6) is -0.212. The highest BCUT2D eigenvalue weighted by atomic mass is 16.6. The van der Waals surface area contributed by atoms with Crippen molar-refractivity contribution in [3.63, 3.8) is 0 Å². The van der Waals surface area contributed by atoms with Crippen LogP contribution in [0.5, 0.6) is 0 Å². The van der Waals surface area contributed by atoms with Crippen LogP contribution in [0.2, 0.25) is 0 Å². The zero-order chi connectivity index (χ0) is 11.3. The van der Waals surface area contributed by atoms with E-state index in [-0.39, 0.29) is 5.82 Å². The number of hydrogen-bond acceptors (Lipinski definition) is 5. The molecule has 6 heteroatoms. The fraction of sp³-hybridized carbons (Fsp3) is 0.222. The van der Waals surface area contributed by atoms with Gasteiger partial charge in [-0.25, -0.2) is 0 Å². The van der Waals surface area contributed by atoms with E-state index in [0.717, 1.165) is 0 Å². The van der Waals surface area contributed by atoms with Crippen molar-refractivity contribution in [2.75, 3.05) is 19.5 Å². The molecule has 0 aromatic carbocycles. The highest BCUT2D eigenvalue weighted by Gasteiger charge is 2.12. The number of pyridine rings is 1. The molecule has 0 aliphatic carbocycles. The number of hydrogen-bond donors (Lipinski definition) is 1. The number of aromatic nitrogens is 1. The van der Waals surface area contributed by atoms with Crippen molar-refractivity contribution in [2.24, 2.45) is 0 Å². The van der Waals surface area contributed by atoms with Crippen molar-refractivity contribution in [2.45, 2.75) is 0 Å². The third-order valence-corrected chi connectivity index (χ3v) is 1.65. The van der Waals surface area contributed by atoms with E-state index >= 15 is 0 Å². The number of nitrogens with zero attached hydrogens (tertiary/aromatic N) is 2. The van der Waals surface area contributed by atoms with Gasteiger partial charge in [0, 0.05) is 7.11 Å². The summed E-state index contributed by atoms with van der Waals surface area (Å²) in [6, 6.07) is 1.50. The molecule has 0 atom stereocenters. The summed E-state index contributed by atoms with van der Waals surface area (Å²) in [5, 5.41) is 10.6. The van der Waals surface area contributed by atoms with Crippen molar-refractivity contribution in [3.8, 4) is 0 Å². The van der Waals surface area contributed by atoms with Crippen LogP contribution in [0.1, 0.15) is 5.56 Å². The fourth-order valence-corrected chi connectivity index (χ4v) is 1.04. The molecule has 0 aliphatic rings. The van der Waals surface area contributed by atoms with E-state index in [0.29, 0.717) is 17.9 Å². The second-order valence-electron chi connectivity index (χ2n) is 2.80. The quantitative estimate of drug-likeness (QED) is 0.594. The maximum atomic E-state index is 10.6. The van der Waals surface area contributed by atoms with E-state index in [1.165, 1.54) is 19.4 Å². The number of rotatable bonds is 4. The van der Waals surface area contributed by atoms with E-state index in [1.54, 1.807) is 12.2 Å². The summed E-state index contributed by atoms with van der Waals surface area (Å²) in [5.41, 5.74) is 6.24. The number of anilines is 1. The molecule has 0 aliphatic heterocycles. The minimum absolute atomic E-state index is 0.212. The van der Waals surface area contributed by atoms with Crippen LogP contribution < -0.4 is 5.73 Å². The van der Waals surface area contributed by atoms with E-state index in [4.69, 9.17) is 10.5 Å². The third kappa shape index (κ3) is 3.03. The van der Waals surface area contributed by atoms with Gasteiger partial charge in [0.2, 0.25) is 0 Å². The summed E-state index contributed by atoms with van der Waals surface area (Å²) in [7, 11) is 1.54. The van der Waals surface area contributed by atoms with Gasteiger partial charge in [-0.3, -0.25) is 0 Å². The summed E-state index contributed by atoms with van der Waals surface area (Å²) >= 11 is 0. The summed E-state index contributed by atoms with van der Waals surface area (Å²) in [4.78, 5) is 13.7. The van der Waals surface area contributed by atoms with E-state index in [9.17, 15) is 10.1 Å². The number of nitro groups is 1. The first-order valence-electron chi connectivity index (χ1n) is 4.20.